The molecule has 2 unspecified atom stereocenters. The maximum atomic E-state index is 13.3. The number of halogens is 2. The summed E-state index contributed by atoms with van der Waals surface area (Å²) in [6, 6.07) is 5.02. The van der Waals surface area contributed by atoms with Crippen LogP contribution in [0.1, 0.15) is 38.2 Å². The maximum Gasteiger partial charge on any atom is 0.123 e. The van der Waals surface area contributed by atoms with E-state index in [1.165, 1.54) is 31.7 Å². The Hall–Kier alpha value is -0.410. The topological polar surface area (TPSA) is 12.0 Å². The van der Waals surface area contributed by atoms with Crippen LogP contribution in [0.5, 0.6) is 0 Å². The van der Waals surface area contributed by atoms with E-state index in [0.717, 1.165) is 35.5 Å². The van der Waals surface area contributed by atoms with Gasteiger partial charge in [0.25, 0.3) is 0 Å². The van der Waals surface area contributed by atoms with Crippen LogP contribution in [0.3, 0.4) is 0 Å². The van der Waals surface area contributed by atoms with Crippen molar-refractivity contribution in [3.05, 3.63) is 34.1 Å². The van der Waals surface area contributed by atoms with Gasteiger partial charge in [-0.05, 0) is 74.4 Å². The third-order valence-electron chi connectivity index (χ3n) is 4.14. The van der Waals surface area contributed by atoms with Gasteiger partial charge in [0.1, 0.15) is 5.82 Å². The molecule has 0 amide bonds. The smallest absolute Gasteiger partial charge is 0.123 e. The highest BCUT2D eigenvalue weighted by atomic mass is 79.9. The van der Waals surface area contributed by atoms with Gasteiger partial charge in [-0.15, -0.1) is 0 Å². The molecule has 0 saturated heterocycles. The lowest BCUT2D eigenvalue weighted by atomic mass is 9.89. The minimum absolute atomic E-state index is 0.128. The fourth-order valence-corrected chi connectivity index (χ4v) is 3.51. The Balaban J connectivity index is 1.95. The van der Waals surface area contributed by atoms with Crippen LogP contribution < -0.4 is 5.32 Å². The molecule has 1 aliphatic rings. The van der Waals surface area contributed by atoms with E-state index in [2.05, 4.69) is 28.2 Å². The highest BCUT2D eigenvalue weighted by Gasteiger charge is 2.27. The molecular formula is C16H23BrFN. The fourth-order valence-electron chi connectivity index (χ4n) is 3.10. The molecule has 2 rings (SSSR count). The van der Waals surface area contributed by atoms with E-state index in [0.29, 0.717) is 5.92 Å². The Bertz CT molecular complexity index is 408. The maximum absolute atomic E-state index is 13.3. The SMILES string of the molecule is CCCNCC1CCCC1Cc1cc(F)ccc1Br. The van der Waals surface area contributed by atoms with Gasteiger partial charge in [0.2, 0.25) is 0 Å². The predicted molar refractivity (Wildman–Crippen MR) is 81.8 cm³/mol. The fraction of sp³-hybridized carbons (Fsp3) is 0.625. The monoisotopic (exact) mass is 327 g/mol. The zero-order valence-corrected chi connectivity index (χ0v) is 13.2. The molecule has 1 aromatic carbocycles. The van der Waals surface area contributed by atoms with Crippen LogP contribution in [0, 0.1) is 17.7 Å². The summed E-state index contributed by atoms with van der Waals surface area (Å²) in [5.74, 6) is 1.32. The highest BCUT2D eigenvalue weighted by Crippen LogP contribution is 2.35. The van der Waals surface area contributed by atoms with Crippen LogP contribution >= 0.6 is 15.9 Å². The third kappa shape index (κ3) is 4.28. The minimum Gasteiger partial charge on any atom is -0.316 e. The van der Waals surface area contributed by atoms with Crippen molar-refractivity contribution in [1.82, 2.24) is 5.32 Å². The van der Waals surface area contributed by atoms with Gasteiger partial charge in [-0.2, -0.15) is 0 Å². The third-order valence-corrected chi connectivity index (χ3v) is 4.91. The summed E-state index contributed by atoms with van der Waals surface area (Å²) >= 11 is 3.54. The summed E-state index contributed by atoms with van der Waals surface area (Å²) in [4.78, 5) is 0. The van der Waals surface area contributed by atoms with E-state index < -0.39 is 0 Å². The normalized spacial score (nSPS) is 22.9. The quantitative estimate of drug-likeness (QED) is 0.756. The lowest BCUT2D eigenvalue weighted by molar-refractivity contribution is 0.365. The summed E-state index contributed by atoms with van der Waals surface area (Å²) in [6.45, 7) is 4.42. The second-order valence-electron chi connectivity index (χ2n) is 5.60. The summed E-state index contributed by atoms with van der Waals surface area (Å²) in [5, 5.41) is 3.53. The zero-order chi connectivity index (χ0) is 13.7. The molecule has 1 saturated carbocycles. The van der Waals surface area contributed by atoms with Crippen molar-refractivity contribution < 1.29 is 4.39 Å². The molecule has 1 fully saturated rings. The Morgan fingerprint density at radius 1 is 1.32 bits per heavy atom. The lowest BCUT2D eigenvalue weighted by Gasteiger charge is -2.20. The number of rotatable bonds is 6. The Kier molecular flexibility index (Phi) is 5.83. The molecule has 1 N–H and O–H groups in total. The van der Waals surface area contributed by atoms with Crippen LogP contribution in [-0.4, -0.2) is 13.1 Å². The molecule has 2 atom stereocenters. The van der Waals surface area contributed by atoms with Crippen molar-refractivity contribution in [3.63, 3.8) is 0 Å². The largest absolute Gasteiger partial charge is 0.316 e. The van der Waals surface area contributed by atoms with E-state index in [9.17, 15) is 4.39 Å². The summed E-state index contributed by atoms with van der Waals surface area (Å²) < 4.78 is 14.4. The number of nitrogens with one attached hydrogen (secondary N) is 1. The first-order valence-electron chi connectivity index (χ1n) is 7.35. The molecule has 0 bridgehead atoms. The van der Waals surface area contributed by atoms with Crippen LogP contribution in [-0.2, 0) is 6.42 Å². The van der Waals surface area contributed by atoms with Crippen LogP contribution in [0.2, 0.25) is 0 Å². The Morgan fingerprint density at radius 2 is 2.11 bits per heavy atom. The van der Waals surface area contributed by atoms with Crippen LogP contribution in [0.4, 0.5) is 4.39 Å². The lowest BCUT2D eigenvalue weighted by Crippen LogP contribution is -2.26. The van der Waals surface area contributed by atoms with Crippen molar-refractivity contribution in [2.24, 2.45) is 11.8 Å². The molecule has 3 heteroatoms. The zero-order valence-electron chi connectivity index (χ0n) is 11.6. The summed E-state index contributed by atoms with van der Waals surface area (Å²) in [5.41, 5.74) is 1.12. The van der Waals surface area contributed by atoms with E-state index in [1.54, 1.807) is 6.07 Å². The molecule has 1 nitrogen and oxygen atoms in total. The highest BCUT2D eigenvalue weighted by molar-refractivity contribution is 9.10. The first-order valence-corrected chi connectivity index (χ1v) is 8.14. The molecule has 0 heterocycles. The Morgan fingerprint density at radius 3 is 2.89 bits per heavy atom. The van der Waals surface area contributed by atoms with E-state index in [4.69, 9.17) is 0 Å². The summed E-state index contributed by atoms with van der Waals surface area (Å²) in [7, 11) is 0. The van der Waals surface area contributed by atoms with E-state index in [-0.39, 0.29) is 5.82 Å². The van der Waals surface area contributed by atoms with Crippen LogP contribution in [0.15, 0.2) is 22.7 Å². The van der Waals surface area contributed by atoms with Crippen LogP contribution in [0.25, 0.3) is 0 Å². The minimum atomic E-state index is -0.128. The van der Waals surface area contributed by atoms with Gasteiger partial charge in [0.05, 0.1) is 0 Å². The molecule has 1 aliphatic carbocycles. The van der Waals surface area contributed by atoms with Gasteiger partial charge in [-0.1, -0.05) is 29.3 Å². The second-order valence-corrected chi connectivity index (χ2v) is 6.45. The molecular weight excluding hydrogens is 305 g/mol. The molecule has 106 valence electrons. The number of benzene rings is 1. The predicted octanol–water partition coefficient (Wildman–Crippen LogP) is 4.55. The van der Waals surface area contributed by atoms with Gasteiger partial charge in [0.15, 0.2) is 0 Å². The Labute approximate surface area is 124 Å². The molecule has 0 aliphatic heterocycles. The van der Waals surface area contributed by atoms with Gasteiger partial charge in [-0.3, -0.25) is 0 Å². The molecule has 0 aromatic heterocycles. The standard InChI is InChI=1S/C16H23BrFN/c1-2-8-19-11-13-5-3-4-12(13)9-14-10-15(18)6-7-16(14)17/h6-7,10,12-13,19H,2-5,8-9,11H2,1H3. The second kappa shape index (κ2) is 7.39. The first-order chi connectivity index (χ1) is 9.20. The number of hydrogen-bond donors (Lipinski definition) is 1. The van der Waals surface area contributed by atoms with E-state index in [1.807, 2.05) is 6.07 Å². The van der Waals surface area contributed by atoms with E-state index >= 15 is 0 Å². The number of hydrogen-bond acceptors (Lipinski definition) is 1. The summed E-state index contributed by atoms with van der Waals surface area (Å²) in [6.07, 6.45) is 6.09. The average molecular weight is 328 g/mol. The van der Waals surface area contributed by atoms with Gasteiger partial charge in [-0.25, -0.2) is 4.39 Å². The molecule has 19 heavy (non-hydrogen) atoms. The molecule has 0 spiro atoms. The van der Waals surface area contributed by atoms with Gasteiger partial charge in [0, 0.05) is 4.47 Å². The van der Waals surface area contributed by atoms with Crippen molar-refractivity contribution in [2.75, 3.05) is 13.1 Å². The van der Waals surface area contributed by atoms with Gasteiger partial charge >= 0.3 is 0 Å². The van der Waals surface area contributed by atoms with Crippen molar-refractivity contribution >= 4 is 15.9 Å². The van der Waals surface area contributed by atoms with Crippen molar-refractivity contribution in [2.45, 2.75) is 39.0 Å². The average Bonchev–Trinajstić information content (AvgIpc) is 2.82. The molecule has 0 radical (unpaired) electrons. The van der Waals surface area contributed by atoms with Crippen molar-refractivity contribution in [3.8, 4) is 0 Å². The van der Waals surface area contributed by atoms with Crippen molar-refractivity contribution in [1.29, 1.82) is 0 Å². The van der Waals surface area contributed by atoms with Gasteiger partial charge < -0.3 is 5.32 Å². The first kappa shape index (κ1) is 15.0. The molecule has 1 aromatic rings.